The molecule has 1 heterocycles. The van der Waals surface area contributed by atoms with Crippen LogP contribution in [0.5, 0.6) is 0 Å². The molecule has 0 saturated heterocycles. The number of rotatable bonds is 2. The molecule has 0 radical (unpaired) electrons. The highest BCUT2D eigenvalue weighted by Crippen LogP contribution is 2.38. The van der Waals surface area contributed by atoms with Gasteiger partial charge in [-0.1, -0.05) is 13.8 Å². The Labute approximate surface area is 112 Å². The summed E-state index contributed by atoms with van der Waals surface area (Å²) in [6.07, 6.45) is 7.28. The third-order valence-corrected chi connectivity index (χ3v) is 4.47. The van der Waals surface area contributed by atoms with Crippen LogP contribution in [-0.2, 0) is 6.42 Å². The molecule has 1 N–H and O–H groups in total. The van der Waals surface area contributed by atoms with E-state index in [1.54, 1.807) is 6.20 Å². The summed E-state index contributed by atoms with van der Waals surface area (Å²) in [6.45, 7) is 4.53. The van der Waals surface area contributed by atoms with Crippen molar-refractivity contribution in [3.05, 3.63) is 28.5 Å². The van der Waals surface area contributed by atoms with Crippen LogP contribution < -0.4 is 0 Å². The predicted molar refractivity (Wildman–Crippen MR) is 72.8 cm³/mol. The molecule has 3 unspecified atom stereocenters. The number of aliphatic hydroxyl groups is 1. The fraction of sp³-hybridized carbons (Fsp3) is 0.643. The lowest BCUT2D eigenvalue weighted by atomic mass is 9.71. The molecule has 0 spiro atoms. The van der Waals surface area contributed by atoms with E-state index in [0.717, 1.165) is 41.6 Å². The largest absolute Gasteiger partial charge is 0.390 e. The van der Waals surface area contributed by atoms with Crippen molar-refractivity contribution < 1.29 is 5.11 Å². The fourth-order valence-electron chi connectivity index (χ4n) is 2.78. The molecule has 1 aliphatic rings. The molecular weight excluding hydrogens is 278 g/mol. The van der Waals surface area contributed by atoms with Crippen molar-refractivity contribution in [1.29, 1.82) is 0 Å². The minimum Gasteiger partial charge on any atom is -0.390 e. The van der Waals surface area contributed by atoms with Gasteiger partial charge >= 0.3 is 0 Å². The van der Waals surface area contributed by atoms with Crippen LogP contribution in [0, 0.1) is 11.8 Å². The van der Waals surface area contributed by atoms with Crippen molar-refractivity contribution in [2.75, 3.05) is 0 Å². The molecule has 1 aliphatic carbocycles. The number of pyridine rings is 1. The van der Waals surface area contributed by atoms with Gasteiger partial charge in [-0.05, 0) is 58.7 Å². The Morgan fingerprint density at radius 1 is 1.41 bits per heavy atom. The number of nitrogens with zero attached hydrogens (tertiary/aromatic N) is 1. The third kappa shape index (κ3) is 3.29. The van der Waals surface area contributed by atoms with E-state index in [1.807, 2.05) is 12.3 Å². The molecule has 2 rings (SSSR count). The van der Waals surface area contributed by atoms with E-state index in [2.05, 4.69) is 34.8 Å². The molecule has 94 valence electrons. The Morgan fingerprint density at radius 3 is 2.82 bits per heavy atom. The van der Waals surface area contributed by atoms with Gasteiger partial charge in [0.2, 0.25) is 0 Å². The van der Waals surface area contributed by atoms with Crippen molar-refractivity contribution in [2.45, 2.75) is 45.1 Å². The monoisotopic (exact) mass is 297 g/mol. The Hall–Kier alpha value is -0.410. The van der Waals surface area contributed by atoms with E-state index >= 15 is 0 Å². The Morgan fingerprint density at radius 2 is 2.18 bits per heavy atom. The minimum absolute atomic E-state index is 0.533. The smallest absolute Gasteiger partial charge is 0.0691 e. The number of aromatic nitrogens is 1. The highest BCUT2D eigenvalue weighted by Gasteiger charge is 2.35. The Balaban J connectivity index is 2.07. The summed E-state index contributed by atoms with van der Waals surface area (Å²) in [5.41, 5.74) is 0.581. The van der Waals surface area contributed by atoms with Gasteiger partial charge in [0.15, 0.2) is 0 Å². The van der Waals surface area contributed by atoms with E-state index in [1.165, 1.54) is 0 Å². The fourth-order valence-corrected chi connectivity index (χ4v) is 3.19. The quantitative estimate of drug-likeness (QED) is 0.905. The van der Waals surface area contributed by atoms with Crippen molar-refractivity contribution in [3.8, 4) is 0 Å². The average Bonchev–Trinajstić information content (AvgIpc) is 2.24. The highest BCUT2D eigenvalue weighted by atomic mass is 79.9. The number of hydrogen-bond acceptors (Lipinski definition) is 2. The van der Waals surface area contributed by atoms with Gasteiger partial charge in [-0.15, -0.1) is 0 Å². The van der Waals surface area contributed by atoms with Crippen LogP contribution in [0.4, 0.5) is 0 Å². The van der Waals surface area contributed by atoms with Crippen molar-refractivity contribution >= 4 is 15.9 Å². The normalized spacial score (nSPS) is 33.6. The minimum atomic E-state index is -0.533. The lowest BCUT2D eigenvalue weighted by Gasteiger charge is -2.39. The SMILES string of the molecule is CC1CCC(O)(Cc2cncc(Br)c2)CC1C. The Bertz CT molecular complexity index is 396. The molecule has 0 bridgehead atoms. The summed E-state index contributed by atoms with van der Waals surface area (Å²) in [5.74, 6) is 1.34. The standard InChI is InChI=1S/C14H20BrNO/c1-10-3-4-14(17,6-11(10)2)7-12-5-13(15)9-16-8-12/h5,8-11,17H,3-4,6-7H2,1-2H3. The van der Waals surface area contributed by atoms with Gasteiger partial charge in [-0.2, -0.15) is 0 Å². The molecule has 1 aromatic rings. The maximum atomic E-state index is 10.7. The second-order valence-electron chi connectivity index (χ2n) is 5.61. The van der Waals surface area contributed by atoms with E-state index in [4.69, 9.17) is 0 Å². The maximum Gasteiger partial charge on any atom is 0.0691 e. The first-order valence-corrected chi connectivity index (χ1v) is 7.10. The lowest BCUT2D eigenvalue weighted by Crippen LogP contribution is -2.39. The van der Waals surface area contributed by atoms with Gasteiger partial charge in [0.05, 0.1) is 5.60 Å². The zero-order valence-electron chi connectivity index (χ0n) is 10.5. The molecule has 17 heavy (non-hydrogen) atoms. The maximum absolute atomic E-state index is 10.7. The first kappa shape index (κ1) is 13.0. The molecule has 1 saturated carbocycles. The molecule has 2 nitrogen and oxygen atoms in total. The van der Waals surface area contributed by atoms with Crippen LogP contribution in [-0.4, -0.2) is 15.7 Å². The van der Waals surface area contributed by atoms with Gasteiger partial charge in [-0.25, -0.2) is 0 Å². The van der Waals surface area contributed by atoms with E-state index in [-0.39, 0.29) is 0 Å². The summed E-state index contributed by atoms with van der Waals surface area (Å²) in [5, 5.41) is 10.7. The molecule has 3 heteroatoms. The molecule has 0 amide bonds. The summed E-state index contributed by atoms with van der Waals surface area (Å²) in [7, 11) is 0. The predicted octanol–water partition coefficient (Wildman–Crippen LogP) is 3.57. The van der Waals surface area contributed by atoms with Gasteiger partial charge in [0.25, 0.3) is 0 Å². The average molecular weight is 298 g/mol. The zero-order chi connectivity index (χ0) is 12.5. The van der Waals surface area contributed by atoms with Crippen LogP contribution >= 0.6 is 15.9 Å². The lowest BCUT2D eigenvalue weighted by molar-refractivity contribution is -0.0280. The van der Waals surface area contributed by atoms with Gasteiger partial charge in [-0.3, -0.25) is 4.98 Å². The summed E-state index contributed by atoms with van der Waals surface area (Å²) in [4.78, 5) is 4.16. The van der Waals surface area contributed by atoms with Crippen LogP contribution in [0.3, 0.4) is 0 Å². The van der Waals surface area contributed by atoms with Crippen molar-refractivity contribution in [3.63, 3.8) is 0 Å². The van der Waals surface area contributed by atoms with Crippen LogP contribution in [0.1, 0.15) is 38.7 Å². The zero-order valence-corrected chi connectivity index (χ0v) is 12.1. The molecular formula is C14H20BrNO. The first-order valence-electron chi connectivity index (χ1n) is 6.30. The molecule has 0 aromatic carbocycles. The molecule has 0 aliphatic heterocycles. The second-order valence-corrected chi connectivity index (χ2v) is 6.53. The Kier molecular flexibility index (Phi) is 3.88. The van der Waals surface area contributed by atoms with Gasteiger partial charge < -0.3 is 5.11 Å². The molecule has 1 aromatic heterocycles. The summed E-state index contributed by atoms with van der Waals surface area (Å²) in [6, 6.07) is 2.05. The topological polar surface area (TPSA) is 33.1 Å². The van der Waals surface area contributed by atoms with Crippen LogP contribution in [0.25, 0.3) is 0 Å². The van der Waals surface area contributed by atoms with E-state index in [9.17, 15) is 5.11 Å². The molecule has 1 fully saturated rings. The second kappa shape index (κ2) is 5.07. The van der Waals surface area contributed by atoms with Crippen molar-refractivity contribution in [2.24, 2.45) is 11.8 Å². The first-order chi connectivity index (χ1) is 7.98. The van der Waals surface area contributed by atoms with Crippen molar-refractivity contribution in [1.82, 2.24) is 4.98 Å². The van der Waals surface area contributed by atoms with E-state index < -0.39 is 5.60 Å². The number of halogens is 1. The van der Waals surface area contributed by atoms with Gasteiger partial charge in [0, 0.05) is 23.3 Å². The summed E-state index contributed by atoms with van der Waals surface area (Å²) >= 11 is 3.42. The van der Waals surface area contributed by atoms with Crippen LogP contribution in [0.2, 0.25) is 0 Å². The van der Waals surface area contributed by atoms with E-state index in [0.29, 0.717) is 5.92 Å². The number of hydrogen-bond donors (Lipinski definition) is 1. The third-order valence-electron chi connectivity index (χ3n) is 4.03. The molecule has 3 atom stereocenters. The highest BCUT2D eigenvalue weighted by molar-refractivity contribution is 9.10. The van der Waals surface area contributed by atoms with Crippen LogP contribution in [0.15, 0.2) is 22.9 Å². The summed E-state index contributed by atoms with van der Waals surface area (Å²) < 4.78 is 0.982. The van der Waals surface area contributed by atoms with Gasteiger partial charge in [0.1, 0.15) is 0 Å².